The van der Waals surface area contributed by atoms with Gasteiger partial charge in [0.05, 0.1) is 11.1 Å². The molecule has 0 aliphatic rings. The van der Waals surface area contributed by atoms with E-state index in [1.54, 1.807) is 60.7 Å². The SMILES string of the molecule is O=C(N[C@@H](COC(=O)[C@@H](Cc1ccccc1)NS(=O)(=O)c1cc(Cl)c(F)cc1F)Cc1ccccc1)c1ccccc1. The average molecular weight is 613 g/mol. The Balaban J connectivity index is 1.55. The van der Waals surface area contributed by atoms with E-state index in [9.17, 15) is 26.8 Å². The minimum atomic E-state index is -4.68. The number of carbonyl (C=O) groups excluding carboxylic acids is 2. The number of ether oxygens (including phenoxy) is 1. The molecule has 0 heterocycles. The molecule has 4 rings (SSSR count). The summed E-state index contributed by atoms with van der Waals surface area (Å²) in [5, 5.41) is 2.26. The Kier molecular flexibility index (Phi) is 10.4. The largest absolute Gasteiger partial charge is 0.462 e. The second kappa shape index (κ2) is 14.2. The summed E-state index contributed by atoms with van der Waals surface area (Å²) < 4.78 is 62.0. The molecule has 4 aromatic carbocycles. The van der Waals surface area contributed by atoms with E-state index < -0.39 is 49.6 Å². The molecule has 0 radical (unpaired) electrons. The maximum absolute atomic E-state index is 14.5. The molecular weight excluding hydrogens is 586 g/mol. The molecule has 2 atom stereocenters. The van der Waals surface area contributed by atoms with Gasteiger partial charge < -0.3 is 10.1 Å². The van der Waals surface area contributed by atoms with Gasteiger partial charge in [0, 0.05) is 11.6 Å². The van der Waals surface area contributed by atoms with Gasteiger partial charge in [-0.25, -0.2) is 17.2 Å². The number of sulfonamides is 1. The topological polar surface area (TPSA) is 102 Å². The van der Waals surface area contributed by atoms with Gasteiger partial charge in [0.1, 0.15) is 29.2 Å². The first kappa shape index (κ1) is 30.8. The van der Waals surface area contributed by atoms with Crippen molar-refractivity contribution >= 4 is 33.5 Å². The predicted molar refractivity (Wildman–Crippen MR) is 154 cm³/mol. The van der Waals surface area contributed by atoms with E-state index in [1.807, 2.05) is 30.3 Å². The molecule has 0 aliphatic carbocycles. The van der Waals surface area contributed by atoms with Crippen LogP contribution in [0.25, 0.3) is 0 Å². The Morgan fingerprint density at radius 2 is 1.33 bits per heavy atom. The smallest absolute Gasteiger partial charge is 0.324 e. The molecule has 42 heavy (non-hydrogen) atoms. The maximum Gasteiger partial charge on any atom is 0.324 e. The molecule has 2 N–H and O–H groups in total. The van der Waals surface area contributed by atoms with E-state index in [2.05, 4.69) is 10.0 Å². The lowest BCUT2D eigenvalue weighted by Gasteiger charge is -2.22. The molecule has 11 heteroatoms. The molecule has 4 aromatic rings. The van der Waals surface area contributed by atoms with Gasteiger partial charge >= 0.3 is 5.97 Å². The molecule has 0 unspecified atom stereocenters. The van der Waals surface area contributed by atoms with E-state index in [0.29, 0.717) is 29.7 Å². The highest BCUT2D eigenvalue weighted by molar-refractivity contribution is 7.89. The van der Waals surface area contributed by atoms with E-state index in [1.165, 1.54) is 0 Å². The number of hydrogen-bond acceptors (Lipinski definition) is 5. The summed E-state index contributed by atoms with van der Waals surface area (Å²) in [5.74, 6) is -3.83. The first-order chi connectivity index (χ1) is 20.1. The third-order valence-electron chi connectivity index (χ3n) is 6.25. The van der Waals surface area contributed by atoms with E-state index in [0.717, 1.165) is 5.56 Å². The van der Waals surface area contributed by atoms with Crippen molar-refractivity contribution < 1.29 is 31.5 Å². The van der Waals surface area contributed by atoms with Gasteiger partial charge in [-0.1, -0.05) is 90.5 Å². The number of halogens is 3. The number of amides is 1. The predicted octanol–water partition coefficient (Wildman–Crippen LogP) is 5.09. The molecule has 0 fully saturated rings. The zero-order valence-corrected chi connectivity index (χ0v) is 23.7. The van der Waals surface area contributed by atoms with E-state index in [4.69, 9.17) is 16.3 Å². The van der Waals surface area contributed by atoms with E-state index in [-0.39, 0.29) is 18.9 Å². The summed E-state index contributed by atoms with van der Waals surface area (Å²) in [5.41, 5.74) is 1.88. The van der Waals surface area contributed by atoms with Crippen molar-refractivity contribution in [2.24, 2.45) is 0 Å². The number of esters is 1. The van der Waals surface area contributed by atoms with Gasteiger partial charge in [-0.2, -0.15) is 4.72 Å². The molecule has 1 amide bonds. The van der Waals surface area contributed by atoms with Crippen LogP contribution in [0, 0.1) is 11.6 Å². The van der Waals surface area contributed by atoms with Crippen LogP contribution in [0.3, 0.4) is 0 Å². The minimum Gasteiger partial charge on any atom is -0.462 e. The number of hydrogen-bond donors (Lipinski definition) is 2. The van der Waals surface area contributed by atoms with Gasteiger partial charge in [0.2, 0.25) is 10.0 Å². The van der Waals surface area contributed by atoms with Crippen LogP contribution in [0.4, 0.5) is 8.78 Å². The number of carbonyl (C=O) groups is 2. The fourth-order valence-corrected chi connectivity index (χ4v) is 5.67. The summed E-state index contributed by atoms with van der Waals surface area (Å²) in [6.07, 6.45) is 0.191. The van der Waals surface area contributed by atoms with Crippen LogP contribution in [0.15, 0.2) is 108 Å². The second-order valence-corrected chi connectivity index (χ2v) is 11.5. The van der Waals surface area contributed by atoms with Crippen molar-refractivity contribution in [1.82, 2.24) is 10.0 Å². The summed E-state index contributed by atoms with van der Waals surface area (Å²) in [6.45, 7) is -0.282. The van der Waals surface area contributed by atoms with Gasteiger partial charge in [-0.05, 0) is 42.2 Å². The fraction of sp³-hybridized carbons (Fsp3) is 0.161. The number of rotatable bonds is 12. The standard InChI is InChI=1S/C31H27ClF2N2O5S/c32-25-18-29(27(34)19-26(25)33)42(39,40)36-28(17-22-12-6-2-7-13-22)31(38)41-20-24(16-21-10-4-1-5-11-21)35-30(37)23-14-8-3-9-15-23/h1-15,18-19,24,28,36H,16-17,20H2,(H,35,37)/t24-,28-/m1/s1. The first-order valence-corrected chi connectivity index (χ1v) is 14.8. The second-order valence-electron chi connectivity index (χ2n) is 9.42. The minimum absolute atomic E-state index is 0.130. The quantitative estimate of drug-likeness (QED) is 0.171. The van der Waals surface area contributed by atoms with Gasteiger partial charge in [-0.15, -0.1) is 0 Å². The highest BCUT2D eigenvalue weighted by Crippen LogP contribution is 2.23. The molecule has 0 saturated carbocycles. The summed E-state index contributed by atoms with van der Waals surface area (Å²) in [7, 11) is -4.68. The van der Waals surface area contributed by atoms with Crippen LogP contribution in [0.1, 0.15) is 21.5 Å². The molecule has 0 saturated heterocycles. The monoisotopic (exact) mass is 612 g/mol. The van der Waals surface area contributed by atoms with E-state index >= 15 is 0 Å². The first-order valence-electron chi connectivity index (χ1n) is 12.9. The van der Waals surface area contributed by atoms with Crippen molar-refractivity contribution in [2.45, 2.75) is 29.8 Å². The molecule has 0 aliphatic heterocycles. The third kappa shape index (κ3) is 8.45. The molecule has 0 aromatic heterocycles. The summed E-state index contributed by atoms with van der Waals surface area (Å²) in [4.78, 5) is 25.3. The van der Waals surface area contributed by atoms with Crippen molar-refractivity contribution in [3.63, 3.8) is 0 Å². The third-order valence-corrected chi connectivity index (χ3v) is 8.03. The lowest BCUT2D eigenvalue weighted by molar-refractivity contribution is -0.146. The fourth-order valence-electron chi connectivity index (χ4n) is 4.18. The van der Waals surface area contributed by atoms with Crippen LogP contribution in [-0.2, 0) is 32.4 Å². The van der Waals surface area contributed by atoms with Gasteiger partial charge in [0.15, 0.2) is 0 Å². The Morgan fingerprint density at radius 1 is 0.786 bits per heavy atom. The Hall–Kier alpha value is -4.12. The van der Waals surface area contributed by atoms with Crippen LogP contribution in [0.5, 0.6) is 0 Å². The summed E-state index contributed by atoms with van der Waals surface area (Å²) in [6, 6.07) is 25.1. The Bertz CT molecular complexity index is 1630. The lowest BCUT2D eigenvalue weighted by Crippen LogP contribution is -2.46. The van der Waals surface area contributed by atoms with Crippen molar-refractivity contribution in [3.05, 3.63) is 136 Å². The molecule has 218 valence electrons. The average Bonchev–Trinajstić information content (AvgIpc) is 2.98. The lowest BCUT2D eigenvalue weighted by atomic mass is 10.1. The zero-order valence-electron chi connectivity index (χ0n) is 22.2. The highest BCUT2D eigenvalue weighted by Gasteiger charge is 2.30. The molecule has 7 nitrogen and oxygen atoms in total. The summed E-state index contributed by atoms with van der Waals surface area (Å²) >= 11 is 5.70. The van der Waals surface area contributed by atoms with Gasteiger partial charge in [-0.3, -0.25) is 9.59 Å². The number of benzene rings is 4. The van der Waals surface area contributed by atoms with Crippen molar-refractivity contribution in [2.75, 3.05) is 6.61 Å². The number of nitrogens with one attached hydrogen (secondary N) is 2. The maximum atomic E-state index is 14.5. The van der Waals surface area contributed by atoms with Crippen LogP contribution < -0.4 is 10.0 Å². The molecule has 0 spiro atoms. The van der Waals surface area contributed by atoms with Crippen LogP contribution in [-0.4, -0.2) is 39.0 Å². The Morgan fingerprint density at radius 3 is 1.93 bits per heavy atom. The Labute approximate surface area is 247 Å². The molecular formula is C31H27ClF2N2O5S. The van der Waals surface area contributed by atoms with Gasteiger partial charge in [0.25, 0.3) is 5.91 Å². The highest BCUT2D eigenvalue weighted by atomic mass is 35.5. The van der Waals surface area contributed by atoms with Crippen LogP contribution >= 0.6 is 11.6 Å². The molecule has 0 bridgehead atoms. The van der Waals surface area contributed by atoms with Crippen molar-refractivity contribution in [3.8, 4) is 0 Å². The normalized spacial score (nSPS) is 12.7. The van der Waals surface area contributed by atoms with Crippen molar-refractivity contribution in [1.29, 1.82) is 0 Å². The zero-order chi connectivity index (χ0) is 30.1. The van der Waals surface area contributed by atoms with Crippen LogP contribution in [0.2, 0.25) is 5.02 Å².